The predicted molar refractivity (Wildman–Crippen MR) is 132 cm³/mol. The van der Waals surface area contributed by atoms with Gasteiger partial charge in [-0.15, -0.1) is 10.2 Å². The predicted octanol–water partition coefficient (Wildman–Crippen LogP) is 3.76. The minimum Gasteiger partial charge on any atom is -0.494 e. The van der Waals surface area contributed by atoms with Gasteiger partial charge in [-0.2, -0.15) is 4.80 Å². The molecule has 3 rings (SSSR count). The topological polar surface area (TPSA) is 115 Å². The number of tetrazole rings is 1. The monoisotopic (exact) mass is 482 g/mol. The van der Waals surface area contributed by atoms with Crippen molar-refractivity contribution >= 4 is 17.5 Å². The van der Waals surface area contributed by atoms with E-state index in [4.69, 9.17) is 9.15 Å². The van der Waals surface area contributed by atoms with Gasteiger partial charge in [0.05, 0.1) is 6.61 Å². The van der Waals surface area contributed by atoms with E-state index in [9.17, 15) is 9.59 Å². The molecule has 188 valence electrons. The van der Waals surface area contributed by atoms with Crippen LogP contribution in [0.1, 0.15) is 53.2 Å². The first kappa shape index (κ1) is 25.9. The number of hydrogen-bond acceptors (Lipinski definition) is 7. The van der Waals surface area contributed by atoms with Crippen molar-refractivity contribution in [2.24, 2.45) is 0 Å². The highest BCUT2D eigenvalue weighted by molar-refractivity contribution is 6.00. The average Bonchev–Trinajstić information content (AvgIpc) is 3.42. The second-order valence-electron chi connectivity index (χ2n) is 9.29. The van der Waals surface area contributed by atoms with Crippen LogP contribution in [0.4, 0.5) is 5.69 Å². The van der Waals surface area contributed by atoms with Gasteiger partial charge in [0.15, 0.2) is 5.76 Å². The molecule has 2 aromatic heterocycles. The summed E-state index contributed by atoms with van der Waals surface area (Å²) in [5, 5.41) is 15.3. The first-order chi connectivity index (χ1) is 16.6. The molecule has 0 saturated carbocycles. The number of benzene rings is 1. The second kappa shape index (κ2) is 11.2. The summed E-state index contributed by atoms with van der Waals surface area (Å²) in [6.07, 6.45) is 1.20. The molecule has 35 heavy (non-hydrogen) atoms. The first-order valence-electron chi connectivity index (χ1n) is 11.8. The summed E-state index contributed by atoms with van der Waals surface area (Å²) in [4.78, 5) is 29.6. The Morgan fingerprint density at radius 3 is 2.43 bits per heavy atom. The standard InChI is InChI=1S/C25H34N6O4/c1-7-9-20(24(33)26-25(4,5)6)31(18-11-13-19(14-12-18)34-8-2)22(32)16-30-28-23(27-29-30)21-15-10-17(3)35-21/h10-15,20H,7-9,16H2,1-6H3,(H,26,33)/t20-/m1/s1. The van der Waals surface area contributed by atoms with Crippen LogP contribution >= 0.6 is 0 Å². The number of hydrogen-bond donors (Lipinski definition) is 1. The second-order valence-corrected chi connectivity index (χ2v) is 9.29. The van der Waals surface area contributed by atoms with E-state index in [1.54, 1.807) is 36.4 Å². The highest BCUT2D eigenvalue weighted by Gasteiger charge is 2.33. The van der Waals surface area contributed by atoms with Gasteiger partial charge in [0.25, 0.3) is 5.91 Å². The lowest BCUT2D eigenvalue weighted by Crippen LogP contribution is -2.54. The molecule has 0 bridgehead atoms. The average molecular weight is 483 g/mol. The van der Waals surface area contributed by atoms with Gasteiger partial charge in [0.2, 0.25) is 11.7 Å². The minimum absolute atomic E-state index is 0.192. The van der Waals surface area contributed by atoms with Crippen LogP contribution in [0.15, 0.2) is 40.8 Å². The summed E-state index contributed by atoms with van der Waals surface area (Å²) in [7, 11) is 0. The summed E-state index contributed by atoms with van der Waals surface area (Å²) in [5.41, 5.74) is 0.142. The zero-order valence-corrected chi connectivity index (χ0v) is 21.2. The van der Waals surface area contributed by atoms with Crippen LogP contribution in [0.3, 0.4) is 0 Å². The Morgan fingerprint density at radius 1 is 1.14 bits per heavy atom. The number of nitrogens with one attached hydrogen (secondary N) is 1. The van der Waals surface area contributed by atoms with Gasteiger partial charge >= 0.3 is 0 Å². The molecule has 10 heteroatoms. The van der Waals surface area contributed by atoms with E-state index < -0.39 is 11.6 Å². The Hall–Kier alpha value is -3.69. The van der Waals surface area contributed by atoms with Crippen LogP contribution in [-0.4, -0.2) is 50.2 Å². The highest BCUT2D eigenvalue weighted by Crippen LogP contribution is 2.25. The van der Waals surface area contributed by atoms with E-state index in [-0.39, 0.29) is 24.2 Å². The van der Waals surface area contributed by atoms with Crippen molar-refractivity contribution < 1.29 is 18.7 Å². The number of carbonyl (C=O) groups is 2. The van der Waals surface area contributed by atoms with Crippen LogP contribution in [-0.2, 0) is 16.1 Å². The minimum atomic E-state index is -0.708. The Balaban J connectivity index is 1.92. The van der Waals surface area contributed by atoms with Crippen molar-refractivity contribution in [2.45, 2.75) is 72.5 Å². The van der Waals surface area contributed by atoms with Gasteiger partial charge in [-0.25, -0.2) is 0 Å². The van der Waals surface area contributed by atoms with E-state index in [0.29, 0.717) is 36.6 Å². The van der Waals surface area contributed by atoms with Crippen LogP contribution in [0.5, 0.6) is 5.75 Å². The number of aromatic nitrogens is 4. The van der Waals surface area contributed by atoms with Crippen molar-refractivity contribution in [1.29, 1.82) is 0 Å². The van der Waals surface area contributed by atoms with E-state index in [1.165, 1.54) is 9.70 Å². The molecule has 0 aliphatic rings. The Labute approximate surface area is 205 Å². The van der Waals surface area contributed by atoms with Crippen molar-refractivity contribution in [3.8, 4) is 17.3 Å². The number of anilines is 1. The summed E-state index contributed by atoms with van der Waals surface area (Å²) >= 11 is 0. The summed E-state index contributed by atoms with van der Waals surface area (Å²) < 4.78 is 11.1. The fourth-order valence-electron chi connectivity index (χ4n) is 3.63. The van der Waals surface area contributed by atoms with Crippen LogP contribution in [0.2, 0.25) is 0 Å². The molecule has 1 N–H and O–H groups in total. The summed E-state index contributed by atoms with van der Waals surface area (Å²) in [6, 6.07) is 9.98. The normalized spacial score (nSPS) is 12.3. The van der Waals surface area contributed by atoms with Crippen molar-refractivity contribution in [3.05, 3.63) is 42.2 Å². The van der Waals surface area contributed by atoms with Crippen LogP contribution < -0.4 is 15.0 Å². The maximum atomic E-state index is 13.6. The van der Waals surface area contributed by atoms with Gasteiger partial charge in [0.1, 0.15) is 24.1 Å². The van der Waals surface area contributed by atoms with Gasteiger partial charge in [-0.3, -0.25) is 14.5 Å². The molecule has 1 atom stereocenters. The summed E-state index contributed by atoms with van der Waals surface area (Å²) in [6.45, 7) is 11.8. The molecule has 2 amide bonds. The zero-order valence-electron chi connectivity index (χ0n) is 21.2. The fraction of sp³-hybridized carbons (Fsp3) is 0.480. The molecule has 3 aromatic rings. The number of furan rings is 1. The maximum absolute atomic E-state index is 13.6. The third-order valence-electron chi connectivity index (χ3n) is 5.06. The van der Waals surface area contributed by atoms with Crippen molar-refractivity contribution in [2.75, 3.05) is 11.5 Å². The molecule has 0 aliphatic carbocycles. The molecule has 0 spiro atoms. The Bertz CT molecular complexity index is 1130. The number of amides is 2. The van der Waals surface area contributed by atoms with Crippen molar-refractivity contribution in [3.63, 3.8) is 0 Å². The third kappa shape index (κ3) is 6.91. The molecule has 1 aromatic carbocycles. The molecule has 0 unspecified atom stereocenters. The Kier molecular flexibility index (Phi) is 8.26. The lowest BCUT2D eigenvalue weighted by Gasteiger charge is -2.33. The quantitative estimate of drug-likeness (QED) is 0.468. The molecular weight excluding hydrogens is 448 g/mol. The van der Waals surface area contributed by atoms with Crippen molar-refractivity contribution in [1.82, 2.24) is 25.5 Å². The van der Waals surface area contributed by atoms with E-state index in [0.717, 1.165) is 5.76 Å². The molecular formula is C25H34N6O4. The fourth-order valence-corrected chi connectivity index (χ4v) is 3.63. The lowest BCUT2D eigenvalue weighted by atomic mass is 10.0. The summed E-state index contributed by atoms with van der Waals surface area (Å²) in [5.74, 6) is 1.61. The molecule has 10 nitrogen and oxygen atoms in total. The lowest BCUT2D eigenvalue weighted by molar-refractivity contribution is -0.128. The number of carbonyl (C=O) groups excluding carboxylic acids is 2. The SMILES string of the molecule is CCC[C@H](C(=O)NC(C)(C)C)N(C(=O)Cn1nnc(-c2ccc(C)o2)n1)c1ccc(OCC)cc1. The molecule has 0 fully saturated rings. The van der Waals surface area contributed by atoms with Gasteiger partial charge in [0, 0.05) is 11.2 Å². The number of ether oxygens (including phenoxy) is 1. The zero-order chi connectivity index (χ0) is 25.6. The molecule has 0 radical (unpaired) electrons. The van der Waals surface area contributed by atoms with Crippen LogP contribution in [0.25, 0.3) is 11.6 Å². The molecule has 0 saturated heterocycles. The van der Waals surface area contributed by atoms with E-state index in [2.05, 4.69) is 20.7 Å². The Morgan fingerprint density at radius 2 is 1.86 bits per heavy atom. The number of aryl methyl sites for hydroxylation is 1. The number of rotatable bonds is 10. The maximum Gasteiger partial charge on any atom is 0.251 e. The van der Waals surface area contributed by atoms with Gasteiger partial charge < -0.3 is 14.5 Å². The van der Waals surface area contributed by atoms with E-state index >= 15 is 0 Å². The largest absolute Gasteiger partial charge is 0.494 e. The van der Waals surface area contributed by atoms with E-state index in [1.807, 2.05) is 41.5 Å². The van der Waals surface area contributed by atoms with Gasteiger partial charge in [-0.05, 0) is 82.7 Å². The highest BCUT2D eigenvalue weighted by atomic mass is 16.5. The third-order valence-corrected chi connectivity index (χ3v) is 5.06. The molecule has 0 aliphatic heterocycles. The molecule has 2 heterocycles. The first-order valence-corrected chi connectivity index (χ1v) is 11.8. The number of nitrogens with zero attached hydrogens (tertiary/aromatic N) is 5. The van der Waals surface area contributed by atoms with Gasteiger partial charge in [-0.1, -0.05) is 13.3 Å². The van der Waals surface area contributed by atoms with Crippen LogP contribution in [0, 0.1) is 6.92 Å². The smallest absolute Gasteiger partial charge is 0.251 e.